The summed E-state index contributed by atoms with van der Waals surface area (Å²) < 4.78 is 0. The molecule has 0 spiro atoms. The summed E-state index contributed by atoms with van der Waals surface area (Å²) in [4.78, 5) is 10.4. The van der Waals surface area contributed by atoms with E-state index >= 15 is 0 Å². The molecule has 1 fully saturated rings. The van der Waals surface area contributed by atoms with Gasteiger partial charge in [0.1, 0.15) is 0 Å². The minimum atomic E-state index is -0.322. The maximum Gasteiger partial charge on any atom is 0.269 e. The number of benzene rings is 1. The highest BCUT2D eigenvalue weighted by Crippen LogP contribution is 2.30. The Morgan fingerprint density at radius 1 is 0.842 bits per heavy atom. The van der Waals surface area contributed by atoms with Crippen molar-refractivity contribution in [1.29, 1.82) is 0 Å². The maximum atomic E-state index is 10.7. The van der Waals surface area contributed by atoms with Crippen LogP contribution in [0, 0.1) is 10.1 Å². The van der Waals surface area contributed by atoms with Gasteiger partial charge in [0.15, 0.2) is 0 Å². The molecule has 0 N–H and O–H groups in total. The van der Waals surface area contributed by atoms with E-state index in [-0.39, 0.29) is 10.6 Å². The zero-order valence-corrected chi connectivity index (χ0v) is 11.5. The number of nitro benzene ring substituents is 1. The molecule has 0 unspecified atom stereocenters. The van der Waals surface area contributed by atoms with E-state index in [4.69, 9.17) is 0 Å². The van der Waals surface area contributed by atoms with Crippen molar-refractivity contribution in [3.8, 4) is 0 Å². The van der Waals surface area contributed by atoms with Crippen molar-refractivity contribution in [3.63, 3.8) is 0 Å². The lowest BCUT2D eigenvalue weighted by Gasteiger charge is -2.18. The topological polar surface area (TPSA) is 43.1 Å². The lowest BCUT2D eigenvalue weighted by Crippen LogP contribution is -2.01. The van der Waals surface area contributed by atoms with Gasteiger partial charge in [-0.1, -0.05) is 57.1 Å². The summed E-state index contributed by atoms with van der Waals surface area (Å²) in [5.74, 6) is 0.596. The van der Waals surface area contributed by atoms with Crippen LogP contribution in [0.15, 0.2) is 24.3 Å². The van der Waals surface area contributed by atoms with Crippen molar-refractivity contribution in [2.24, 2.45) is 0 Å². The van der Waals surface area contributed by atoms with Crippen LogP contribution in [-0.2, 0) is 0 Å². The van der Waals surface area contributed by atoms with Gasteiger partial charge in [0.25, 0.3) is 5.69 Å². The van der Waals surface area contributed by atoms with Crippen LogP contribution in [0.3, 0.4) is 0 Å². The number of non-ortho nitro benzene ring substituents is 1. The first-order chi connectivity index (χ1) is 9.27. The summed E-state index contributed by atoms with van der Waals surface area (Å²) in [5.41, 5.74) is 1.48. The summed E-state index contributed by atoms with van der Waals surface area (Å²) in [6.07, 6.45) is 11.9. The van der Waals surface area contributed by atoms with Crippen molar-refractivity contribution in [3.05, 3.63) is 39.9 Å². The predicted octanol–water partition coefficient (Wildman–Crippen LogP) is 5.20. The van der Waals surface area contributed by atoms with E-state index in [9.17, 15) is 10.1 Å². The Morgan fingerprint density at radius 3 is 1.79 bits per heavy atom. The average Bonchev–Trinajstić information content (AvgIpc) is 2.45. The third kappa shape index (κ3) is 4.34. The molecule has 0 saturated heterocycles. The van der Waals surface area contributed by atoms with E-state index in [1.54, 1.807) is 12.1 Å². The second-order valence-corrected chi connectivity index (χ2v) is 5.60. The number of hydrogen-bond acceptors (Lipinski definition) is 2. The molecule has 0 aromatic heterocycles. The molecule has 1 aliphatic rings. The van der Waals surface area contributed by atoms with Crippen LogP contribution in [0.4, 0.5) is 5.69 Å². The third-order valence-corrected chi connectivity index (χ3v) is 4.18. The van der Waals surface area contributed by atoms with Gasteiger partial charge in [-0.3, -0.25) is 10.1 Å². The molecule has 1 aliphatic carbocycles. The molecule has 19 heavy (non-hydrogen) atoms. The summed E-state index contributed by atoms with van der Waals surface area (Å²) >= 11 is 0. The standard InChI is InChI=1S/C16H23NO2/c18-17(19)16-12-10-15(11-13-16)14-8-6-4-2-1-3-5-7-9-14/h10-14H,1-9H2. The number of nitro groups is 1. The molecular formula is C16H23NO2. The lowest BCUT2D eigenvalue weighted by molar-refractivity contribution is -0.384. The summed E-state index contributed by atoms with van der Waals surface area (Å²) in [6, 6.07) is 7.20. The van der Waals surface area contributed by atoms with Gasteiger partial charge in [-0.25, -0.2) is 0 Å². The van der Waals surface area contributed by atoms with Gasteiger partial charge in [0, 0.05) is 12.1 Å². The van der Waals surface area contributed by atoms with Crippen molar-refractivity contribution >= 4 is 5.69 Å². The minimum Gasteiger partial charge on any atom is -0.258 e. The van der Waals surface area contributed by atoms with Crippen LogP contribution >= 0.6 is 0 Å². The molecule has 0 aliphatic heterocycles. The SMILES string of the molecule is O=[N+]([O-])c1ccc(C2CCCCCCCCC2)cc1. The number of nitrogens with zero attached hydrogens (tertiary/aromatic N) is 1. The molecule has 3 heteroatoms. The molecule has 0 atom stereocenters. The van der Waals surface area contributed by atoms with E-state index in [1.165, 1.54) is 63.4 Å². The van der Waals surface area contributed by atoms with Crippen LogP contribution < -0.4 is 0 Å². The Morgan fingerprint density at radius 2 is 1.32 bits per heavy atom. The molecule has 1 aromatic carbocycles. The average molecular weight is 261 g/mol. The number of rotatable bonds is 2. The maximum absolute atomic E-state index is 10.7. The Hall–Kier alpha value is -1.38. The minimum absolute atomic E-state index is 0.198. The van der Waals surface area contributed by atoms with Crippen LogP contribution in [0.5, 0.6) is 0 Å². The third-order valence-electron chi connectivity index (χ3n) is 4.18. The Kier molecular flexibility index (Phi) is 5.37. The van der Waals surface area contributed by atoms with Crippen LogP contribution in [0.1, 0.15) is 69.3 Å². The van der Waals surface area contributed by atoms with E-state index in [1.807, 2.05) is 12.1 Å². The zero-order chi connectivity index (χ0) is 13.5. The smallest absolute Gasteiger partial charge is 0.258 e. The van der Waals surface area contributed by atoms with Crippen LogP contribution in [-0.4, -0.2) is 4.92 Å². The first-order valence-electron chi connectivity index (χ1n) is 7.52. The summed E-state index contributed by atoms with van der Waals surface area (Å²) in [5, 5.41) is 10.7. The molecule has 0 radical (unpaired) electrons. The molecular weight excluding hydrogens is 238 g/mol. The van der Waals surface area contributed by atoms with Gasteiger partial charge in [-0.2, -0.15) is 0 Å². The van der Waals surface area contributed by atoms with Crippen LogP contribution in [0.25, 0.3) is 0 Å². The first-order valence-corrected chi connectivity index (χ1v) is 7.52. The van der Waals surface area contributed by atoms with Crippen LogP contribution in [0.2, 0.25) is 0 Å². The van der Waals surface area contributed by atoms with E-state index in [0.717, 1.165) is 0 Å². The molecule has 1 aromatic rings. The largest absolute Gasteiger partial charge is 0.269 e. The van der Waals surface area contributed by atoms with Gasteiger partial charge < -0.3 is 0 Å². The number of hydrogen-bond donors (Lipinski definition) is 0. The highest BCUT2D eigenvalue weighted by molar-refractivity contribution is 5.34. The Labute approximate surface area is 115 Å². The Balaban J connectivity index is 2.01. The van der Waals surface area contributed by atoms with Gasteiger partial charge >= 0.3 is 0 Å². The fraction of sp³-hybridized carbons (Fsp3) is 0.625. The quantitative estimate of drug-likeness (QED) is 0.542. The predicted molar refractivity (Wildman–Crippen MR) is 77.4 cm³/mol. The molecule has 0 amide bonds. The van der Waals surface area contributed by atoms with Gasteiger partial charge in [-0.15, -0.1) is 0 Å². The summed E-state index contributed by atoms with van der Waals surface area (Å²) in [6.45, 7) is 0. The molecule has 3 nitrogen and oxygen atoms in total. The van der Waals surface area contributed by atoms with Crippen molar-refractivity contribution < 1.29 is 4.92 Å². The molecule has 2 rings (SSSR count). The fourth-order valence-electron chi connectivity index (χ4n) is 3.01. The highest BCUT2D eigenvalue weighted by Gasteiger charge is 2.14. The Bertz CT molecular complexity index is 390. The van der Waals surface area contributed by atoms with E-state index in [0.29, 0.717) is 5.92 Å². The van der Waals surface area contributed by atoms with Gasteiger partial charge in [-0.05, 0) is 24.3 Å². The lowest BCUT2D eigenvalue weighted by atomic mass is 9.87. The highest BCUT2D eigenvalue weighted by atomic mass is 16.6. The second kappa shape index (κ2) is 7.27. The fourth-order valence-corrected chi connectivity index (χ4v) is 3.01. The molecule has 104 valence electrons. The van der Waals surface area contributed by atoms with Gasteiger partial charge in [0.05, 0.1) is 4.92 Å². The molecule has 0 bridgehead atoms. The normalized spacial score (nSPS) is 18.9. The zero-order valence-electron chi connectivity index (χ0n) is 11.5. The monoisotopic (exact) mass is 261 g/mol. The van der Waals surface area contributed by atoms with E-state index in [2.05, 4.69) is 0 Å². The van der Waals surface area contributed by atoms with E-state index < -0.39 is 0 Å². The second-order valence-electron chi connectivity index (χ2n) is 5.60. The molecule has 1 saturated carbocycles. The molecule has 0 heterocycles. The first kappa shape index (κ1) is 14.0. The summed E-state index contributed by atoms with van der Waals surface area (Å²) in [7, 11) is 0. The van der Waals surface area contributed by atoms with Crippen molar-refractivity contribution in [1.82, 2.24) is 0 Å². The van der Waals surface area contributed by atoms with Crippen molar-refractivity contribution in [2.45, 2.75) is 63.7 Å². The van der Waals surface area contributed by atoms with Gasteiger partial charge in [0.2, 0.25) is 0 Å². The van der Waals surface area contributed by atoms with Crippen molar-refractivity contribution in [2.75, 3.05) is 0 Å².